The molecule has 0 saturated carbocycles. The average Bonchev–Trinajstić information content (AvgIpc) is 2.68. The number of carbonyl (C=O) groups excluding carboxylic acids is 1. The molecule has 2 rings (SSSR count). The molecule has 164 valence electrons. The first-order valence-corrected chi connectivity index (χ1v) is 11.7. The number of halogens is 1. The summed E-state index contributed by atoms with van der Waals surface area (Å²) < 4.78 is 36.5. The maximum atomic E-state index is 12.9. The van der Waals surface area contributed by atoms with Crippen LogP contribution < -0.4 is 19.1 Å². The van der Waals surface area contributed by atoms with Gasteiger partial charge in [-0.25, -0.2) is 8.42 Å². The Bertz CT molecular complexity index is 979. The Kier molecular flexibility index (Phi) is 7.97. The summed E-state index contributed by atoms with van der Waals surface area (Å²) in [6.45, 7) is 5.83. The number of anilines is 1. The molecule has 0 fully saturated rings. The van der Waals surface area contributed by atoms with Crippen LogP contribution in [-0.2, 0) is 14.8 Å². The molecule has 0 aliphatic rings. The lowest BCUT2D eigenvalue weighted by Gasteiger charge is -2.29. The fourth-order valence-corrected chi connectivity index (χ4v) is 4.46. The van der Waals surface area contributed by atoms with E-state index in [1.54, 1.807) is 12.1 Å². The zero-order valence-electron chi connectivity index (χ0n) is 17.7. The number of nitrogens with zero attached hydrogens (tertiary/aromatic N) is 1. The molecule has 30 heavy (non-hydrogen) atoms. The van der Waals surface area contributed by atoms with E-state index in [2.05, 4.69) is 5.32 Å². The van der Waals surface area contributed by atoms with Crippen molar-refractivity contribution in [2.45, 2.75) is 32.9 Å². The predicted octanol–water partition coefficient (Wildman–Crippen LogP) is 3.78. The number of sulfonamides is 1. The topological polar surface area (TPSA) is 84.9 Å². The van der Waals surface area contributed by atoms with Gasteiger partial charge in [0.05, 0.1) is 36.7 Å². The van der Waals surface area contributed by atoms with Crippen molar-refractivity contribution in [2.24, 2.45) is 0 Å². The Balaban J connectivity index is 2.22. The van der Waals surface area contributed by atoms with Crippen LogP contribution in [0.1, 0.15) is 32.4 Å². The maximum absolute atomic E-state index is 12.9. The third kappa shape index (κ3) is 5.79. The zero-order chi connectivity index (χ0) is 22.5. The van der Waals surface area contributed by atoms with E-state index in [9.17, 15) is 13.2 Å². The van der Waals surface area contributed by atoms with E-state index >= 15 is 0 Å². The molecule has 0 aliphatic carbocycles. The van der Waals surface area contributed by atoms with Crippen LogP contribution in [0.3, 0.4) is 0 Å². The summed E-state index contributed by atoms with van der Waals surface area (Å²) in [6.07, 6.45) is 1.05. The number of methoxy groups -OCH3 is 1. The van der Waals surface area contributed by atoms with Gasteiger partial charge >= 0.3 is 0 Å². The highest BCUT2D eigenvalue weighted by atomic mass is 35.5. The Morgan fingerprint density at radius 3 is 2.30 bits per heavy atom. The third-order valence-corrected chi connectivity index (χ3v) is 6.07. The SMILES string of the molecule is CCOc1ccc([C@H](C)NC(=O)[C@H](C)N(c2ccc(OC)c(Cl)c2)S(C)(=O)=O)cc1. The summed E-state index contributed by atoms with van der Waals surface area (Å²) in [6, 6.07) is 10.6. The molecule has 0 unspecified atom stereocenters. The number of rotatable bonds is 9. The van der Waals surface area contributed by atoms with Crippen LogP contribution >= 0.6 is 11.6 Å². The van der Waals surface area contributed by atoms with Crippen LogP contribution in [-0.4, -0.2) is 40.3 Å². The van der Waals surface area contributed by atoms with E-state index < -0.39 is 22.0 Å². The van der Waals surface area contributed by atoms with Crippen LogP contribution in [0.15, 0.2) is 42.5 Å². The van der Waals surface area contributed by atoms with E-state index in [-0.39, 0.29) is 16.8 Å². The van der Waals surface area contributed by atoms with Gasteiger partial charge in [0, 0.05) is 0 Å². The van der Waals surface area contributed by atoms with Crippen LogP contribution in [0.25, 0.3) is 0 Å². The minimum atomic E-state index is -3.75. The number of hydrogen-bond acceptors (Lipinski definition) is 5. The van der Waals surface area contributed by atoms with Crippen LogP contribution in [0.2, 0.25) is 5.02 Å². The van der Waals surface area contributed by atoms with Crippen molar-refractivity contribution in [3.8, 4) is 11.5 Å². The molecule has 0 radical (unpaired) electrons. The first-order valence-electron chi connectivity index (χ1n) is 9.44. The third-order valence-electron chi connectivity index (χ3n) is 4.53. The van der Waals surface area contributed by atoms with Gasteiger partial charge in [0.1, 0.15) is 17.5 Å². The maximum Gasteiger partial charge on any atom is 0.244 e. The number of carbonyl (C=O) groups is 1. The van der Waals surface area contributed by atoms with Crippen molar-refractivity contribution < 1.29 is 22.7 Å². The second-order valence-corrected chi connectivity index (χ2v) is 9.05. The van der Waals surface area contributed by atoms with Crippen molar-refractivity contribution in [3.05, 3.63) is 53.1 Å². The van der Waals surface area contributed by atoms with Crippen LogP contribution in [0.4, 0.5) is 5.69 Å². The van der Waals surface area contributed by atoms with Crippen molar-refractivity contribution in [1.29, 1.82) is 0 Å². The monoisotopic (exact) mass is 454 g/mol. The number of benzene rings is 2. The summed E-state index contributed by atoms with van der Waals surface area (Å²) in [5.41, 5.74) is 1.15. The molecule has 0 saturated heterocycles. The van der Waals surface area contributed by atoms with E-state index in [0.717, 1.165) is 21.9 Å². The lowest BCUT2D eigenvalue weighted by atomic mass is 10.1. The molecule has 0 bridgehead atoms. The normalized spacial score (nSPS) is 13.3. The molecule has 0 spiro atoms. The molecule has 2 aromatic carbocycles. The summed E-state index contributed by atoms with van der Waals surface area (Å²) in [7, 11) is -2.29. The zero-order valence-corrected chi connectivity index (χ0v) is 19.3. The standard InChI is InChI=1S/C21H27ClN2O5S/c1-6-29-18-10-7-16(8-11-18)14(2)23-21(25)15(3)24(30(5,26)27)17-9-12-20(28-4)19(22)13-17/h7-15H,6H2,1-5H3,(H,23,25)/t14-,15-/m0/s1. The van der Waals surface area contributed by atoms with Gasteiger partial charge in [-0.15, -0.1) is 0 Å². The Labute approximate surface area is 183 Å². The van der Waals surface area contributed by atoms with E-state index in [1.807, 2.05) is 38.1 Å². The van der Waals surface area contributed by atoms with Crippen LogP contribution in [0.5, 0.6) is 11.5 Å². The Morgan fingerprint density at radius 1 is 1.17 bits per heavy atom. The largest absolute Gasteiger partial charge is 0.495 e. The number of ether oxygens (including phenoxy) is 2. The van der Waals surface area contributed by atoms with Gasteiger partial charge in [-0.2, -0.15) is 0 Å². The average molecular weight is 455 g/mol. The minimum Gasteiger partial charge on any atom is -0.495 e. The van der Waals surface area contributed by atoms with E-state index in [4.69, 9.17) is 21.1 Å². The van der Waals surface area contributed by atoms with Crippen LogP contribution in [0, 0.1) is 0 Å². The number of hydrogen-bond donors (Lipinski definition) is 1. The molecule has 2 atom stereocenters. The first-order chi connectivity index (χ1) is 14.1. The molecule has 0 heterocycles. The van der Waals surface area contributed by atoms with Gasteiger partial charge < -0.3 is 14.8 Å². The number of amides is 1. The minimum absolute atomic E-state index is 0.249. The molecule has 9 heteroatoms. The first kappa shape index (κ1) is 23.8. The molecule has 7 nitrogen and oxygen atoms in total. The van der Waals surface area contributed by atoms with Crippen molar-refractivity contribution in [1.82, 2.24) is 5.32 Å². The van der Waals surface area contributed by atoms with Gasteiger partial charge in [-0.05, 0) is 56.7 Å². The predicted molar refractivity (Wildman–Crippen MR) is 119 cm³/mol. The lowest BCUT2D eigenvalue weighted by Crippen LogP contribution is -2.48. The summed E-state index contributed by atoms with van der Waals surface area (Å²) in [4.78, 5) is 12.9. The van der Waals surface area contributed by atoms with Crippen molar-refractivity contribution in [2.75, 3.05) is 24.3 Å². The number of nitrogens with one attached hydrogen (secondary N) is 1. The van der Waals surface area contributed by atoms with E-state index in [0.29, 0.717) is 12.4 Å². The fraction of sp³-hybridized carbons (Fsp3) is 0.381. The Morgan fingerprint density at radius 2 is 1.80 bits per heavy atom. The molecule has 0 aromatic heterocycles. The van der Waals surface area contributed by atoms with Crippen molar-refractivity contribution in [3.63, 3.8) is 0 Å². The quantitative estimate of drug-likeness (QED) is 0.623. The van der Waals surface area contributed by atoms with Gasteiger partial charge in [0.25, 0.3) is 0 Å². The van der Waals surface area contributed by atoms with Gasteiger partial charge in [0.15, 0.2) is 0 Å². The Hall–Kier alpha value is -2.45. The molecular formula is C21H27ClN2O5S. The molecule has 0 aliphatic heterocycles. The summed E-state index contributed by atoms with van der Waals surface area (Å²) >= 11 is 6.15. The summed E-state index contributed by atoms with van der Waals surface area (Å²) in [5, 5.41) is 3.11. The second kappa shape index (κ2) is 10.0. The molecule has 2 aromatic rings. The van der Waals surface area contributed by atoms with Gasteiger partial charge in [0.2, 0.25) is 15.9 Å². The lowest BCUT2D eigenvalue weighted by molar-refractivity contribution is -0.122. The highest BCUT2D eigenvalue weighted by molar-refractivity contribution is 7.92. The highest BCUT2D eigenvalue weighted by Gasteiger charge is 2.30. The van der Waals surface area contributed by atoms with Gasteiger partial charge in [-0.1, -0.05) is 23.7 Å². The smallest absolute Gasteiger partial charge is 0.244 e. The van der Waals surface area contributed by atoms with Gasteiger partial charge in [-0.3, -0.25) is 9.10 Å². The van der Waals surface area contributed by atoms with Crippen molar-refractivity contribution >= 4 is 33.2 Å². The fourth-order valence-electron chi connectivity index (χ4n) is 3.04. The molecule has 1 N–H and O–H groups in total. The molecular weight excluding hydrogens is 428 g/mol. The summed E-state index contributed by atoms with van der Waals surface area (Å²) in [5.74, 6) is 0.719. The van der Waals surface area contributed by atoms with E-state index in [1.165, 1.54) is 20.1 Å². The molecule has 1 amide bonds. The second-order valence-electron chi connectivity index (χ2n) is 6.79. The highest BCUT2D eigenvalue weighted by Crippen LogP contribution is 2.31.